The van der Waals surface area contributed by atoms with Crippen molar-refractivity contribution in [2.24, 2.45) is 0 Å². The van der Waals surface area contributed by atoms with Crippen LogP contribution in [0.5, 0.6) is 23.0 Å². The minimum atomic E-state index is -0.205. The number of carbonyl (C=O) groups excluding carboxylic acids is 1. The molecule has 0 spiro atoms. The van der Waals surface area contributed by atoms with Crippen molar-refractivity contribution in [1.29, 1.82) is 0 Å². The Labute approximate surface area is 154 Å². The molecule has 138 valence electrons. The number of ether oxygens (including phenoxy) is 4. The van der Waals surface area contributed by atoms with E-state index < -0.39 is 0 Å². The summed E-state index contributed by atoms with van der Waals surface area (Å²) in [6.45, 7) is 3.71. The second kappa shape index (κ2) is 8.43. The van der Waals surface area contributed by atoms with Crippen LogP contribution < -0.4 is 18.9 Å². The van der Waals surface area contributed by atoms with Crippen LogP contribution in [0, 0.1) is 13.8 Å². The van der Waals surface area contributed by atoms with Crippen molar-refractivity contribution in [2.45, 2.75) is 13.8 Å². The van der Waals surface area contributed by atoms with Crippen molar-refractivity contribution >= 4 is 11.9 Å². The molecule has 2 aromatic carbocycles. The minimum absolute atomic E-state index is 0.205. The summed E-state index contributed by atoms with van der Waals surface area (Å²) in [6.07, 6.45) is 3.25. The summed E-state index contributed by atoms with van der Waals surface area (Å²) in [4.78, 5) is 12.9. The van der Waals surface area contributed by atoms with Crippen LogP contribution in [0.15, 0.2) is 30.3 Å². The number of allylic oxidation sites excluding steroid dienone is 1. The van der Waals surface area contributed by atoms with Crippen molar-refractivity contribution in [3.63, 3.8) is 0 Å². The fourth-order valence-electron chi connectivity index (χ4n) is 2.98. The maximum Gasteiger partial charge on any atom is 0.193 e. The Hall–Kier alpha value is -2.95. The lowest BCUT2D eigenvalue weighted by molar-refractivity contribution is 0.104. The number of ketones is 1. The number of hydrogen-bond acceptors (Lipinski definition) is 5. The predicted octanol–water partition coefficient (Wildman–Crippen LogP) is 4.23. The minimum Gasteiger partial charge on any atom is -0.497 e. The quantitative estimate of drug-likeness (QED) is 0.549. The summed E-state index contributed by atoms with van der Waals surface area (Å²) >= 11 is 0. The Bertz CT molecular complexity index is 788. The van der Waals surface area contributed by atoms with Gasteiger partial charge in [-0.25, -0.2) is 0 Å². The van der Waals surface area contributed by atoms with Gasteiger partial charge < -0.3 is 18.9 Å². The first-order valence-electron chi connectivity index (χ1n) is 8.14. The van der Waals surface area contributed by atoms with E-state index >= 15 is 0 Å². The molecule has 0 radical (unpaired) electrons. The van der Waals surface area contributed by atoms with E-state index in [-0.39, 0.29) is 5.78 Å². The summed E-state index contributed by atoms with van der Waals surface area (Å²) in [5.41, 5.74) is 2.79. The molecule has 2 rings (SSSR count). The van der Waals surface area contributed by atoms with Crippen LogP contribution >= 0.6 is 0 Å². The molecule has 0 aliphatic carbocycles. The fourth-order valence-corrected chi connectivity index (χ4v) is 2.98. The molecule has 0 saturated heterocycles. The Morgan fingerprint density at radius 1 is 0.769 bits per heavy atom. The molecule has 0 fully saturated rings. The lowest BCUT2D eigenvalue weighted by atomic mass is 9.98. The van der Waals surface area contributed by atoms with Crippen molar-refractivity contribution in [1.82, 2.24) is 0 Å². The fraction of sp³-hybridized carbons (Fsp3) is 0.286. The van der Waals surface area contributed by atoms with Gasteiger partial charge in [0.25, 0.3) is 0 Å². The highest BCUT2D eigenvalue weighted by molar-refractivity contribution is 6.11. The Morgan fingerprint density at radius 3 is 1.69 bits per heavy atom. The first kappa shape index (κ1) is 19.4. The van der Waals surface area contributed by atoms with E-state index in [1.807, 2.05) is 38.1 Å². The Balaban J connectivity index is 2.48. The van der Waals surface area contributed by atoms with Crippen LogP contribution in [0.2, 0.25) is 0 Å². The summed E-state index contributed by atoms with van der Waals surface area (Å²) in [5.74, 6) is 2.11. The standard InChI is InChI=1S/C21H24O5/c1-13-19(24-4)14(2)21(26-6)18(20(13)25-5)17(22)12-9-15-7-10-16(23-3)11-8-15/h7-12H,1-6H3/b12-9+. The molecule has 0 aliphatic rings. The molecule has 0 atom stereocenters. The maximum absolute atomic E-state index is 12.9. The summed E-state index contributed by atoms with van der Waals surface area (Å²) in [5, 5.41) is 0. The maximum atomic E-state index is 12.9. The van der Waals surface area contributed by atoms with Gasteiger partial charge in [0.1, 0.15) is 28.6 Å². The largest absolute Gasteiger partial charge is 0.497 e. The average Bonchev–Trinajstić information content (AvgIpc) is 2.66. The van der Waals surface area contributed by atoms with Crippen molar-refractivity contribution in [3.8, 4) is 23.0 Å². The van der Waals surface area contributed by atoms with Crippen molar-refractivity contribution < 1.29 is 23.7 Å². The van der Waals surface area contributed by atoms with E-state index in [0.717, 1.165) is 22.4 Å². The molecule has 0 bridgehead atoms. The molecule has 0 amide bonds. The van der Waals surface area contributed by atoms with Gasteiger partial charge in [-0.05, 0) is 37.6 Å². The lowest BCUT2D eigenvalue weighted by Gasteiger charge is -2.19. The number of rotatable bonds is 7. The SMILES string of the molecule is COc1ccc(/C=C/C(=O)c2c(OC)c(C)c(OC)c(C)c2OC)cc1. The van der Waals surface area contributed by atoms with Gasteiger partial charge in [-0.1, -0.05) is 18.2 Å². The van der Waals surface area contributed by atoms with Gasteiger partial charge in [-0.15, -0.1) is 0 Å². The van der Waals surface area contributed by atoms with Gasteiger partial charge in [0, 0.05) is 11.1 Å². The molecule has 2 aromatic rings. The van der Waals surface area contributed by atoms with Crippen LogP contribution in [-0.2, 0) is 0 Å². The Kier molecular flexibility index (Phi) is 6.28. The number of methoxy groups -OCH3 is 4. The highest BCUT2D eigenvalue weighted by Gasteiger charge is 2.25. The van der Waals surface area contributed by atoms with Gasteiger partial charge in [0.15, 0.2) is 5.78 Å². The van der Waals surface area contributed by atoms with Gasteiger partial charge in [0.2, 0.25) is 0 Å². The zero-order valence-electron chi connectivity index (χ0n) is 16.0. The second-order valence-corrected chi connectivity index (χ2v) is 5.70. The van der Waals surface area contributed by atoms with Gasteiger partial charge in [-0.3, -0.25) is 4.79 Å². The van der Waals surface area contributed by atoms with Crippen LogP contribution in [0.25, 0.3) is 6.08 Å². The highest BCUT2D eigenvalue weighted by Crippen LogP contribution is 2.43. The lowest BCUT2D eigenvalue weighted by Crippen LogP contribution is -2.08. The first-order valence-corrected chi connectivity index (χ1v) is 8.14. The molecule has 0 aromatic heterocycles. The third kappa shape index (κ3) is 3.67. The molecule has 0 unspecified atom stereocenters. The third-order valence-electron chi connectivity index (χ3n) is 4.22. The van der Waals surface area contributed by atoms with Crippen LogP contribution in [0.1, 0.15) is 27.0 Å². The van der Waals surface area contributed by atoms with E-state index in [9.17, 15) is 4.79 Å². The molecule has 0 heterocycles. The average molecular weight is 356 g/mol. The van der Waals surface area contributed by atoms with Crippen molar-refractivity contribution in [2.75, 3.05) is 28.4 Å². The molecular weight excluding hydrogens is 332 g/mol. The molecule has 0 N–H and O–H groups in total. The van der Waals surface area contributed by atoms with E-state index in [4.69, 9.17) is 18.9 Å². The van der Waals surface area contributed by atoms with E-state index in [1.165, 1.54) is 20.3 Å². The highest BCUT2D eigenvalue weighted by atomic mass is 16.5. The Morgan fingerprint density at radius 2 is 1.27 bits per heavy atom. The second-order valence-electron chi connectivity index (χ2n) is 5.70. The molecule has 5 nitrogen and oxygen atoms in total. The zero-order valence-corrected chi connectivity index (χ0v) is 16.0. The zero-order chi connectivity index (χ0) is 19.3. The first-order chi connectivity index (χ1) is 12.5. The number of benzene rings is 2. The normalized spacial score (nSPS) is 10.7. The summed E-state index contributed by atoms with van der Waals surface area (Å²) < 4.78 is 21.6. The van der Waals surface area contributed by atoms with Crippen LogP contribution in [0.4, 0.5) is 0 Å². The van der Waals surface area contributed by atoms with Crippen molar-refractivity contribution in [3.05, 3.63) is 52.6 Å². The molecule has 0 saturated carbocycles. The third-order valence-corrected chi connectivity index (χ3v) is 4.22. The van der Waals surface area contributed by atoms with E-state index in [2.05, 4.69) is 0 Å². The summed E-state index contributed by atoms with van der Waals surface area (Å²) in [6, 6.07) is 7.43. The topological polar surface area (TPSA) is 54.0 Å². The number of hydrogen-bond donors (Lipinski definition) is 0. The monoisotopic (exact) mass is 356 g/mol. The van der Waals surface area contributed by atoms with Gasteiger partial charge in [0.05, 0.1) is 28.4 Å². The van der Waals surface area contributed by atoms with E-state index in [0.29, 0.717) is 22.8 Å². The van der Waals surface area contributed by atoms with Crippen LogP contribution in [0.3, 0.4) is 0 Å². The molecule has 26 heavy (non-hydrogen) atoms. The van der Waals surface area contributed by atoms with E-state index in [1.54, 1.807) is 20.3 Å². The molecule has 5 heteroatoms. The molecular formula is C21H24O5. The number of carbonyl (C=O) groups is 1. The van der Waals surface area contributed by atoms with Gasteiger partial charge >= 0.3 is 0 Å². The smallest absolute Gasteiger partial charge is 0.193 e. The van der Waals surface area contributed by atoms with Gasteiger partial charge in [-0.2, -0.15) is 0 Å². The van der Waals surface area contributed by atoms with Crippen LogP contribution in [-0.4, -0.2) is 34.2 Å². The summed E-state index contributed by atoms with van der Waals surface area (Å²) in [7, 11) is 6.25. The predicted molar refractivity (Wildman–Crippen MR) is 102 cm³/mol. The molecule has 0 aliphatic heterocycles.